The Kier molecular flexibility index (Phi) is 2.65. The largest absolute Gasteiger partial charge is 0.490 e. The van der Waals surface area contributed by atoms with Crippen LogP contribution in [-0.2, 0) is 0 Å². The minimum Gasteiger partial charge on any atom is -0.490 e. The second-order valence-electron chi connectivity index (χ2n) is 3.18. The monoisotopic (exact) mass is 235 g/mol. The predicted molar refractivity (Wildman–Crippen MR) is 59.6 cm³/mol. The molecule has 17 heavy (non-hydrogen) atoms. The molecule has 2 N–H and O–H groups in total. The van der Waals surface area contributed by atoms with Gasteiger partial charge in [0, 0.05) is 0 Å². The quantitative estimate of drug-likeness (QED) is 0.642. The van der Waals surface area contributed by atoms with Crippen molar-refractivity contribution < 1.29 is 14.1 Å². The molecule has 88 valence electrons. The van der Waals surface area contributed by atoms with Gasteiger partial charge >= 0.3 is 5.69 Å². The Morgan fingerprint density at radius 2 is 2.29 bits per heavy atom. The van der Waals surface area contributed by atoms with Crippen LogP contribution >= 0.6 is 0 Å². The van der Waals surface area contributed by atoms with Crippen LogP contribution in [0.2, 0.25) is 0 Å². The molecule has 0 radical (unpaired) electrons. The van der Waals surface area contributed by atoms with Gasteiger partial charge < -0.3 is 14.9 Å². The molecule has 0 amide bonds. The van der Waals surface area contributed by atoms with Crippen molar-refractivity contribution in [1.29, 1.82) is 0 Å². The third-order valence-corrected chi connectivity index (χ3v) is 2.19. The van der Waals surface area contributed by atoms with E-state index in [1.165, 1.54) is 19.4 Å². The molecule has 1 aromatic heterocycles. The highest BCUT2D eigenvalue weighted by molar-refractivity contribution is 5.74. The van der Waals surface area contributed by atoms with E-state index in [4.69, 9.17) is 14.9 Å². The van der Waals surface area contributed by atoms with Gasteiger partial charge in [0.05, 0.1) is 18.2 Å². The average molecular weight is 235 g/mol. The average Bonchev–Trinajstić information content (AvgIpc) is 2.74. The molecule has 7 nitrogen and oxygen atoms in total. The van der Waals surface area contributed by atoms with Gasteiger partial charge in [0.25, 0.3) is 6.01 Å². The van der Waals surface area contributed by atoms with Crippen LogP contribution < -0.4 is 10.5 Å². The molecule has 7 heteroatoms. The number of anilines is 1. The summed E-state index contributed by atoms with van der Waals surface area (Å²) in [5, 5.41) is 11.0. The number of benzene rings is 1. The number of nitrogen functional groups attached to an aromatic ring is 1. The second kappa shape index (κ2) is 4.12. The Morgan fingerprint density at radius 1 is 1.53 bits per heavy atom. The maximum atomic E-state index is 11.0. The number of para-hydroxylation sites is 1. The number of hydrogen-bond donors (Lipinski definition) is 1. The molecular formula is C10H9N3O4. The Hall–Kier alpha value is -2.57. The van der Waals surface area contributed by atoms with Crippen molar-refractivity contribution in [3.63, 3.8) is 0 Å². The van der Waals surface area contributed by atoms with Gasteiger partial charge in [-0.1, -0.05) is 6.07 Å². The first-order chi connectivity index (χ1) is 8.13. The van der Waals surface area contributed by atoms with Gasteiger partial charge in [-0.3, -0.25) is 10.1 Å². The number of methoxy groups -OCH3 is 1. The molecule has 1 aromatic carbocycles. The van der Waals surface area contributed by atoms with Gasteiger partial charge in [-0.15, -0.1) is 0 Å². The summed E-state index contributed by atoms with van der Waals surface area (Å²) in [6, 6.07) is 4.62. The summed E-state index contributed by atoms with van der Waals surface area (Å²) in [7, 11) is 1.36. The first kappa shape index (κ1) is 10.9. The molecule has 0 fully saturated rings. The normalized spacial score (nSPS) is 10.2. The molecule has 0 saturated carbocycles. The van der Waals surface area contributed by atoms with Gasteiger partial charge in [0.1, 0.15) is 5.56 Å². The number of nitro benzene ring substituents is 1. The highest BCUT2D eigenvalue weighted by Crippen LogP contribution is 2.37. The van der Waals surface area contributed by atoms with E-state index in [0.29, 0.717) is 0 Å². The zero-order valence-corrected chi connectivity index (χ0v) is 8.91. The molecule has 0 spiro atoms. The van der Waals surface area contributed by atoms with E-state index in [1.807, 2.05) is 0 Å². The molecule has 0 atom stereocenters. The van der Waals surface area contributed by atoms with Crippen LogP contribution in [0.4, 0.5) is 11.7 Å². The van der Waals surface area contributed by atoms with Crippen molar-refractivity contribution in [3.05, 3.63) is 34.5 Å². The number of nitro groups is 1. The summed E-state index contributed by atoms with van der Waals surface area (Å²) in [5.74, 6) is 0.385. The Bertz CT molecular complexity index is 564. The molecular weight excluding hydrogens is 226 g/mol. The van der Waals surface area contributed by atoms with Crippen LogP contribution in [0.15, 0.2) is 28.8 Å². The Labute approximate surface area is 96.0 Å². The minimum absolute atomic E-state index is 0.0443. The van der Waals surface area contributed by atoms with Crippen molar-refractivity contribution in [3.8, 4) is 17.1 Å². The zero-order chi connectivity index (χ0) is 12.4. The highest BCUT2D eigenvalue weighted by atomic mass is 16.6. The zero-order valence-electron chi connectivity index (χ0n) is 8.91. The summed E-state index contributed by atoms with van der Waals surface area (Å²) in [4.78, 5) is 14.2. The van der Waals surface area contributed by atoms with Gasteiger partial charge in [0.2, 0.25) is 0 Å². The molecule has 0 saturated heterocycles. The standard InChI is InChI=1S/C10H9N3O4/c1-16-7-4-2-3-6(9(7)13(14)15)8-5-12-10(11)17-8/h2-5H,1H3,(H2,11,12). The van der Waals surface area contributed by atoms with Crippen molar-refractivity contribution in [2.24, 2.45) is 0 Å². The molecule has 0 aliphatic heterocycles. The van der Waals surface area contributed by atoms with Crippen molar-refractivity contribution in [2.45, 2.75) is 0 Å². The maximum absolute atomic E-state index is 11.0. The Balaban J connectivity index is 2.65. The van der Waals surface area contributed by atoms with E-state index in [0.717, 1.165) is 0 Å². The lowest BCUT2D eigenvalue weighted by atomic mass is 10.1. The number of nitrogens with zero attached hydrogens (tertiary/aromatic N) is 2. The lowest BCUT2D eigenvalue weighted by Crippen LogP contribution is -1.95. The number of oxazole rings is 1. The molecule has 1 heterocycles. The molecule has 0 aliphatic rings. The SMILES string of the molecule is COc1cccc(-c2cnc(N)o2)c1[N+](=O)[O-]. The molecule has 0 unspecified atom stereocenters. The van der Waals surface area contributed by atoms with E-state index < -0.39 is 4.92 Å². The lowest BCUT2D eigenvalue weighted by molar-refractivity contribution is -0.385. The lowest BCUT2D eigenvalue weighted by Gasteiger charge is -2.04. The molecule has 2 rings (SSSR count). The number of rotatable bonds is 3. The topological polar surface area (TPSA) is 104 Å². The van der Waals surface area contributed by atoms with Crippen LogP contribution in [0.1, 0.15) is 0 Å². The maximum Gasteiger partial charge on any atom is 0.321 e. The van der Waals surface area contributed by atoms with Gasteiger partial charge in [-0.25, -0.2) is 4.98 Å². The van der Waals surface area contributed by atoms with Crippen LogP contribution in [0, 0.1) is 10.1 Å². The van der Waals surface area contributed by atoms with Gasteiger partial charge in [0.15, 0.2) is 11.5 Å². The smallest absolute Gasteiger partial charge is 0.321 e. The fourth-order valence-corrected chi connectivity index (χ4v) is 1.49. The first-order valence-electron chi connectivity index (χ1n) is 4.66. The van der Waals surface area contributed by atoms with E-state index in [2.05, 4.69) is 4.98 Å². The molecule has 0 bridgehead atoms. The number of hydrogen-bond acceptors (Lipinski definition) is 6. The summed E-state index contributed by atoms with van der Waals surface area (Å²) in [6.45, 7) is 0. The fraction of sp³-hybridized carbons (Fsp3) is 0.100. The second-order valence-corrected chi connectivity index (χ2v) is 3.18. The van der Waals surface area contributed by atoms with Crippen molar-refractivity contribution in [1.82, 2.24) is 4.98 Å². The van der Waals surface area contributed by atoms with Crippen LogP contribution in [-0.4, -0.2) is 17.0 Å². The third-order valence-electron chi connectivity index (χ3n) is 2.19. The van der Waals surface area contributed by atoms with Crippen molar-refractivity contribution >= 4 is 11.7 Å². The summed E-state index contributed by atoms with van der Waals surface area (Å²) in [5.41, 5.74) is 5.44. The molecule has 2 aromatic rings. The Morgan fingerprint density at radius 3 is 2.82 bits per heavy atom. The van der Waals surface area contributed by atoms with Gasteiger partial charge in [-0.2, -0.15) is 0 Å². The van der Waals surface area contributed by atoms with Crippen LogP contribution in [0.5, 0.6) is 5.75 Å². The first-order valence-corrected chi connectivity index (χ1v) is 4.66. The van der Waals surface area contributed by atoms with Crippen LogP contribution in [0.25, 0.3) is 11.3 Å². The van der Waals surface area contributed by atoms with Gasteiger partial charge in [-0.05, 0) is 12.1 Å². The number of nitrogens with two attached hydrogens (primary N) is 1. The highest BCUT2D eigenvalue weighted by Gasteiger charge is 2.23. The van der Waals surface area contributed by atoms with E-state index in [9.17, 15) is 10.1 Å². The third kappa shape index (κ3) is 1.89. The van der Waals surface area contributed by atoms with E-state index >= 15 is 0 Å². The fourth-order valence-electron chi connectivity index (χ4n) is 1.49. The van der Waals surface area contributed by atoms with E-state index in [1.54, 1.807) is 12.1 Å². The number of ether oxygens (including phenoxy) is 1. The predicted octanol–water partition coefficient (Wildman–Crippen LogP) is 1.84. The summed E-state index contributed by atoms with van der Waals surface area (Å²) < 4.78 is 10.0. The van der Waals surface area contributed by atoms with Crippen molar-refractivity contribution in [2.75, 3.05) is 12.8 Å². The van der Waals surface area contributed by atoms with Crippen LogP contribution in [0.3, 0.4) is 0 Å². The van der Waals surface area contributed by atoms with E-state index in [-0.39, 0.29) is 28.8 Å². The number of aromatic nitrogens is 1. The summed E-state index contributed by atoms with van der Waals surface area (Å²) >= 11 is 0. The molecule has 0 aliphatic carbocycles. The summed E-state index contributed by atoms with van der Waals surface area (Å²) in [6.07, 6.45) is 1.33. The minimum atomic E-state index is -0.535.